The van der Waals surface area contributed by atoms with Gasteiger partial charge in [-0.15, -0.1) is 0 Å². The van der Waals surface area contributed by atoms with E-state index in [0.717, 1.165) is 0 Å². The number of nitrogens with one attached hydrogen (secondary N) is 1. The molecule has 0 atom stereocenters. The number of halogens is 1. The largest absolute Gasteiger partial charge is 0.284 e. The average molecular weight is 262 g/mol. The standard InChI is InChI=1S/C10H12ClNO3S/c1-2-7-16(14,15)12-9-5-3-8(4-6-9)10(11)13/h3-6,12H,2,7H2,1H3. The lowest BCUT2D eigenvalue weighted by molar-refractivity contribution is 0.108. The SMILES string of the molecule is CCCS(=O)(=O)Nc1ccc(C(=O)Cl)cc1. The van der Waals surface area contributed by atoms with Gasteiger partial charge >= 0.3 is 0 Å². The zero-order valence-electron chi connectivity index (χ0n) is 8.73. The topological polar surface area (TPSA) is 63.2 Å². The van der Waals surface area contributed by atoms with Crippen LogP contribution in [0.25, 0.3) is 0 Å². The fraction of sp³-hybridized carbons (Fsp3) is 0.300. The number of benzene rings is 1. The van der Waals surface area contributed by atoms with E-state index in [1.165, 1.54) is 24.3 Å². The van der Waals surface area contributed by atoms with Crippen molar-refractivity contribution in [2.75, 3.05) is 10.5 Å². The first kappa shape index (κ1) is 13.0. The lowest BCUT2D eigenvalue weighted by Gasteiger charge is -2.06. The lowest BCUT2D eigenvalue weighted by atomic mass is 10.2. The highest BCUT2D eigenvalue weighted by Gasteiger charge is 2.09. The molecule has 0 saturated heterocycles. The van der Waals surface area contributed by atoms with Gasteiger partial charge in [-0.05, 0) is 42.3 Å². The Hall–Kier alpha value is -1.07. The number of sulfonamides is 1. The number of carbonyl (C=O) groups excluding carboxylic acids is 1. The minimum atomic E-state index is -3.29. The molecule has 0 fully saturated rings. The highest BCUT2D eigenvalue weighted by Crippen LogP contribution is 2.13. The van der Waals surface area contributed by atoms with Crippen molar-refractivity contribution in [3.05, 3.63) is 29.8 Å². The maximum atomic E-state index is 11.4. The maximum Gasteiger partial charge on any atom is 0.252 e. The molecule has 0 aliphatic rings. The van der Waals surface area contributed by atoms with Crippen LogP contribution in [0.4, 0.5) is 5.69 Å². The normalized spacial score (nSPS) is 11.1. The Morgan fingerprint density at radius 1 is 1.31 bits per heavy atom. The Kier molecular flexibility index (Phi) is 4.32. The third-order valence-corrected chi connectivity index (χ3v) is 3.57. The van der Waals surface area contributed by atoms with E-state index in [9.17, 15) is 13.2 Å². The van der Waals surface area contributed by atoms with E-state index in [-0.39, 0.29) is 5.75 Å². The van der Waals surface area contributed by atoms with Gasteiger partial charge in [0.2, 0.25) is 10.0 Å². The summed E-state index contributed by atoms with van der Waals surface area (Å²) in [4.78, 5) is 10.8. The van der Waals surface area contributed by atoms with E-state index in [4.69, 9.17) is 11.6 Å². The average Bonchev–Trinajstić information content (AvgIpc) is 2.17. The van der Waals surface area contributed by atoms with Gasteiger partial charge in [0, 0.05) is 11.3 Å². The smallest absolute Gasteiger partial charge is 0.252 e. The van der Waals surface area contributed by atoms with Gasteiger partial charge < -0.3 is 0 Å². The van der Waals surface area contributed by atoms with Crippen molar-refractivity contribution in [1.82, 2.24) is 0 Å². The fourth-order valence-electron chi connectivity index (χ4n) is 1.17. The molecule has 6 heteroatoms. The molecule has 0 radical (unpaired) electrons. The van der Waals surface area contributed by atoms with Gasteiger partial charge in [0.25, 0.3) is 5.24 Å². The third kappa shape index (κ3) is 3.83. The summed E-state index contributed by atoms with van der Waals surface area (Å²) < 4.78 is 25.2. The van der Waals surface area contributed by atoms with Crippen LogP contribution in [0.5, 0.6) is 0 Å². The molecule has 0 heterocycles. The summed E-state index contributed by atoms with van der Waals surface area (Å²) in [6.07, 6.45) is 0.549. The molecule has 88 valence electrons. The van der Waals surface area contributed by atoms with E-state index < -0.39 is 15.3 Å². The van der Waals surface area contributed by atoms with E-state index >= 15 is 0 Å². The zero-order chi connectivity index (χ0) is 12.2. The summed E-state index contributed by atoms with van der Waals surface area (Å²) in [7, 11) is -3.29. The molecular formula is C10H12ClNO3S. The van der Waals surface area contributed by atoms with Crippen molar-refractivity contribution in [2.24, 2.45) is 0 Å². The van der Waals surface area contributed by atoms with Crippen molar-refractivity contribution < 1.29 is 13.2 Å². The van der Waals surface area contributed by atoms with Gasteiger partial charge in [-0.3, -0.25) is 9.52 Å². The Morgan fingerprint density at radius 3 is 2.31 bits per heavy atom. The first-order chi connectivity index (χ1) is 7.44. The van der Waals surface area contributed by atoms with Gasteiger partial charge in [0.05, 0.1) is 5.75 Å². The number of hydrogen-bond donors (Lipinski definition) is 1. The number of rotatable bonds is 5. The summed E-state index contributed by atoms with van der Waals surface area (Å²) in [6, 6.07) is 5.95. The van der Waals surface area contributed by atoms with Crippen LogP contribution < -0.4 is 4.72 Å². The van der Waals surface area contributed by atoms with Gasteiger partial charge in [-0.25, -0.2) is 8.42 Å². The minimum Gasteiger partial charge on any atom is -0.284 e. The summed E-state index contributed by atoms with van der Waals surface area (Å²) in [5.74, 6) is 0.0726. The van der Waals surface area contributed by atoms with E-state index in [2.05, 4.69) is 4.72 Å². The van der Waals surface area contributed by atoms with Crippen LogP contribution in [0.3, 0.4) is 0 Å². The Balaban J connectivity index is 2.80. The molecule has 16 heavy (non-hydrogen) atoms. The van der Waals surface area contributed by atoms with Crippen molar-refractivity contribution in [3.63, 3.8) is 0 Å². The van der Waals surface area contributed by atoms with Crippen LogP contribution in [0.1, 0.15) is 23.7 Å². The monoisotopic (exact) mass is 261 g/mol. The molecule has 1 aromatic rings. The van der Waals surface area contributed by atoms with Crippen LogP contribution in [0, 0.1) is 0 Å². The number of anilines is 1. The molecule has 0 spiro atoms. The van der Waals surface area contributed by atoms with Crippen LogP contribution in [-0.2, 0) is 10.0 Å². The molecule has 1 aromatic carbocycles. The number of hydrogen-bond acceptors (Lipinski definition) is 3. The molecule has 0 aromatic heterocycles. The Labute approximate surface area is 99.7 Å². The lowest BCUT2D eigenvalue weighted by Crippen LogP contribution is -2.16. The van der Waals surface area contributed by atoms with E-state index in [1.807, 2.05) is 0 Å². The van der Waals surface area contributed by atoms with Crippen molar-refractivity contribution in [1.29, 1.82) is 0 Å². The molecule has 1 N–H and O–H groups in total. The molecule has 0 aliphatic carbocycles. The second-order valence-electron chi connectivity index (χ2n) is 3.27. The van der Waals surface area contributed by atoms with Crippen LogP contribution in [-0.4, -0.2) is 19.4 Å². The predicted molar refractivity (Wildman–Crippen MR) is 64.3 cm³/mol. The molecular weight excluding hydrogens is 250 g/mol. The van der Waals surface area contributed by atoms with Crippen molar-refractivity contribution in [3.8, 4) is 0 Å². The number of carbonyl (C=O) groups is 1. The highest BCUT2D eigenvalue weighted by atomic mass is 35.5. The van der Waals surface area contributed by atoms with Crippen molar-refractivity contribution in [2.45, 2.75) is 13.3 Å². The maximum absolute atomic E-state index is 11.4. The Morgan fingerprint density at radius 2 is 1.88 bits per heavy atom. The third-order valence-electron chi connectivity index (χ3n) is 1.86. The van der Waals surface area contributed by atoms with Gasteiger partial charge in [0.1, 0.15) is 0 Å². The molecule has 0 amide bonds. The molecule has 4 nitrogen and oxygen atoms in total. The summed E-state index contributed by atoms with van der Waals surface area (Å²) in [5, 5.41) is -0.567. The second kappa shape index (κ2) is 5.32. The van der Waals surface area contributed by atoms with Crippen LogP contribution in [0.2, 0.25) is 0 Å². The highest BCUT2D eigenvalue weighted by molar-refractivity contribution is 7.92. The second-order valence-corrected chi connectivity index (χ2v) is 5.46. The summed E-state index contributed by atoms with van der Waals surface area (Å²) >= 11 is 5.26. The molecule has 0 saturated carbocycles. The minimum absolute atomic E-state index is 0.0726. The van der Waals surface area contributed by atoms with Gasteiger partial charge in [-0.1, -0.05) is 6.92 Å². The summed E-state index contributed by atoms with van der Waals surface area (Å²) in [6.45, 7) is 1.79. The van der Waals surface area contributed by atoms with Gasteiger partial charge in [-0.2, -0.15) is 0 Å². The molecule has 0 unspecified atom stereocenters. The first-order valence-corrected chi connectivity index (χ1v) is 6.78. The Bertz CT molecular complexity index is 467. The molecule has 0 bridgehead atoms. The van der Waals surface area contributed by atoms with E-state index in [1.54, 1.807) is 6.92 Å². The van der Waals surface area contributed by atoms with Gasteiger partial charge in [0.15, 0.2) is 0 Å². The van der Waals surface area contributed by atoms with Crippen LogP contribution in [0.15, 0.2) is 24.3 Å². The predicted octanol–water partition coefficient (Wildman–Crippen LogP) is 2.22. The van der Waals surface area contributed by atoms with E-state index in [0.29, 0.717) is 17.7 Å². The quantitative estimate of drug-likeness (QED) is 0.827. The fourth-order valence-corrected chi connectivity index (χ4v) is 2.43. The van der Waals surface area contributed by atoms with Crippen molar-refractivity contribution >= 4 is 32.6 Å². The molecule has 1 rings (SSSR count). The molecule has 0 aliphatic heterocycles. The van der Waals surface area contributed by atoms with Crippen LogP contribution >= 0.6 is 11.6 Å². The first-order valence-electron chi connectivity index (χ1n) is 4.75. The summed E-state index contributed by atoms with van der Waals surface area (Å²) in [5.41, 5.74) is 0.759. The zero-order valence-corrected chi connectivity index (χ0v) is 10.3.